The summed E-state index contributed by atoms with van der Waals surface area (Å²) in [5.74, 6) is 0.721. The van der Waals surface area contributed by atoms with Crippen LogP contribution < -0.4 is 14.8 Å². The van der Waals surface area contributed by atoms with Crippen LogP contribution in [-0.4, -0.2) is 71.1 Å². The Labute approximate surface area is 266 Å². The van der Waals surface area contributed by atoms with Crippen molar-refractivity contribution in [3.8, 4) is 11.5 Å². The zero-order valence-electron chi connectivity index (χ0n) is 26.0. The predicted molar refractivity (Wildman–Crippen MR) is 174 cm³/mol. The summed E-state index contributed by atoms with van der Waals surface area (Å²) in [6, 6.07) is 20.8. The third-order valence-electron chi connectivity index (χ3n) is 8.09. The number of para-hydroxylation sites is 1. The van der Waals surface area contributed by atoms with Crippen LogP contribution >= 0.6 is 0 Å². The van der Waals surface area contributed by atoms with Gasteiger partial charge in [0.05, 0.1) is 17.3 Å². The maximum absolute atomic E-state index is 13.3. The van der Waals surface area contributed by atoms with Crippen LogP contribution in [0.25, 0.3) is 6.08 Å². The molecule has 0 atom stereocenters. The molecular weight excluding hydrogens is 592 g/mol. The van der Waals surface area contributed by atoms with Gasteiger partial charge in [0.15, 0.2) is 9.84 Å². The van der Waals surface area contributed by atoms with Crippen molar-refractivity contribution in [2.45, 2.75) is 50.3 Å². The second-order valence-corrected chi connectivity index (χ2v) is 13.4. The van der Waals surface area contributed by atoms with Crippen LogP contribution in [0.4, 0.5) is 5.69 Å². The van der Waals surface area contributed by atoms with Crippen molar-refractivity contribution in [1.82, 2.24) is 4.90 Å². The van der Waals surface area contributed by atoms with E-state index < -0.39 is 9.84 Å². The molecule has 2 heterocycles. The van der Waals surface area contributed by atoms with Gasteiger partial charge in [0, 0.05) is 49.2 Å². The van der Waals surface area contributed by atoms with Gasteiger partial charge in [-0.15, -0.1) is 0 Å². The molecule has 1 saturated heterocycles. The molecule has 240 valence electrons. The first-order valence-corrected chi connectivity index (χ1v) is 17.1. The Hall–Kier alpha value is -3.70. The maximum Gasteiger partial charge on any atom is 0.251 e. The Bertz CT molecular complexity index is 1580. The summed E-state index contributed by atoms with van der Waals surface area (Å²) in [5.41, 5.74) is 3.50. The van der Waals surface area contributed by atoms with Crippen LogP contribution in [-0.2, 0) is 37.3 Å². The molecular formula is C35H42N2O7S. The summed E-state index contributed by atoms with van der Waals surface area (Å²) in [5, 5.41) is 2.95. The lowest BCUT2D eigenvalue weighted by atomic mass is 10.1. The number of nitrogens with zero attached hydrogens (tertiary/aromatic N) is 1. The van der Waals surface area contributed by atoms with E-state index in [1.807, 2.05) is 55.5 Å². The highest BCUT2D eigenvalue weighted by Crippen LogP contribution is 2.31. The molecule has 2 aliphatic heterocycles. The molecule has 0 aromatic heterocycles. The number of benzene rings is 3. The summed E-state index contributed by atoms with van der Waals surface area (Å²) in [4.78, 5) is 15.9. The zero-order chi connectivity index (χ0) is 31.6. The standard InChI is InChI=1S/C35H42N2O7S/c1-3-41-19-20-43-33-7-5-4-6-28(33)25-44-32-12-13-34-29(23-32)22-27(16-21-45(34,39)40)35(38)36-30-10-8-26(9-11-30)24-37(2)31-14-17-42-18-15-31/h4-13,22-23,31H,3,14-21,24-25H2,1-2H3,(H,36,38). The van der Waals surface area contributed by atoms with Gasteiger partial charge in [0.2, 0.25) is 0 Å². The van der Waals surface area contributed by atoms with Crippen LogP contribution in [0.2, 0.25) is 0 Å². The van der Waals surface area contributed by atoms with Crippen molar-refractivity contribution in [2.75, 3.05) is 51.2 Å². The van der Waals surface area contributed by atoms with Crippen molar-refractivity contribution in [2.24, 2.45) is 0 Å². The van der Waals surface area contributed by atoms with Crippen LogP contribution in [0.1, 0.15) is 42.9 Å². The molecule has 0 saturated carbocycles. The van der Waals surface area contributed by atoms with Gasteiger partial charge in [-0.05, 0) is 86.8 Å². The minimum atomic E-state index is -3.58. The second-order valence-electron chi connectivity index (χ2n) is 11.3. The highest BCUT2D eigenvalue weighted by Gasteiger charge is 2.25. The summed E-state index contributed by atoms with van der Waals surface area (Å²) in [6.45, 7) is 6.13. The number of ether oxygens (including phenoxy) is 4. The number of fused-ring (bicyclic) bond motifs is 1. The van der Waals surface area contributed by atoms with Gasteiger partial charge in [0.1, 0.15) is 24.7 Å². The number of anilines is 1. The number of hydrogen-bond acceptors (Lipinski definition) is 8. The zero-order valence-corrected chi connectivity index (χ0v) is 26.8. The van der Waals surface area contributed by atoms with Gasteiger partial charge in [-0.1, -0.05) is 30.3 Å². The number of carbonyl (C=O) groups is 1. The van der Waals surface area contributed by atoms with Gasteiger partial charge in [0.25, 0.3) is 5.91 Å². The van der Waals surface area contributed by atoms with Crippen LogP contribution in [0.5, 0.6) is 11.5 Å². The topological polar surface area (TPSA) is 103 Å². The molecule has 5 rings (SSSR count). The van der Waals surface area contributed by atoms with Crippen molar-refractivity contribution in [1.29, 1.82) is 0 Å². The molecule has 3 aromatic rings. The van der Waals surface area contributed by atoms with E-state index >= 15 is 0 Å². The van der Waals surface area contributed by atoms with Gasteiger partial charge in [-0.3, -0.25) is 9.69 Å². The summed E-state index contributed by atoms with van der Waals surface area (Å²) < 4.78 is 48.9. The number of carbonyl (C=O) groups excluding carboxylic acids is 1. The van der Waals surface area contributed by atoms with E-state index in [1.54, 1.807) is 24.3 Å². The Morgan fingerprint density at radius 2 is 1.78 bits per heavy atom. The fraction of sp³-hybridized carbons (Fsp3) is 0.400. The molecule has 1 N–H and O–H groups in total. The van der Waals surface area contributed by atoms with E-state index in [9.17, 15) is 13.2 Å². The summed E-state index contributed by atoms with van der Waals surface area (Å²) in [6.07, 6.45) is 3.83. The number of nitrogens with one attached hydrogen (secondary N) is 1. The molecule has 1 fully saturated rings. The molecule has 45 heavy (non-hydrogen) atoms. The first-order chi connectivity index (χ1) is 21.8. The molecule has 3 aromatic carbocycles. The van der Waals surface area contributed by atoms with Crippen molar-refractivity contribution in [3.63, 3.8) is 0 Å². The van der Waals surface area contributed by atoms with E-state index in [0.29, 0.717) is 54.2 Å². The summed E-state index contributed by atoms with van der Waals surface area (Å²) in [7, 11) is -1.45. The Balaban J connectivity index is 1.25. The maximum atomic E-state index is 13.3. The van der Waals surface area contributed by atoms with Gasteiger partial charge >= 0.3 is 0 Å². The smallest absolute Gasteiger partial charge is 0.251 e. The Kier molecular flexibility index (Phi) is 11.3. The largest absolute Gasteiger partial charge is 0.491 e. The minimum absolute atomic E-state index is 0.111. The molecule has 0 spiro atoms. The number of amides is 1. The van der Waals surface area contributed by atoms with E-state index in [0.717, 1.165) is 43.7 Å². The lowest BCUT2D eigenvalue weighted by Gasteiger charge is -2.31. The predicted octanol–water partition coefficient (Wildman–Crippen LogP) is 5.49. The molecule has 10 heteroatoms. The molecule has 0 bridgehead atoms. The van der Waals surface area contributed by atoms with Crippen molar-refractivity contribution >= 4 is 27.5 Å². The first kappa shape index (κ1) is 32.7. The quantitative estimate of drug-likeness (QED) is 0.246. The fourth-order valence-electron chi connectivity index (χ4n) is 5.53. The van der Waals surface area contributed by atoms with Crippen LogP contribution in [0, 0.1) is 0 Å². The van der Waals surface area contributed by atoms with Crippen molar-refractivity contribution in [3.05, 3.63) is 89.0 Å². The average Bonchev–Trinajstić information content (AvgIpc) is 3.19. The second kappa shape index (κ2) is 15.5. The third-order valence-corrected chi connectivity index (χ3v) is 9.88. The molecule has 0 radical (unpaired) electrons. The first-order valence-electron chi connectivity index (χ1n) is 15.5. The average molecular weight is 635 g/mol. The van der Waals surface area contributed by atoms with E-state index in [-0.39, 0.29) is 29.6 Å². The molecule has 2 aliphatic rings. The van der Waals surface area contributed by atoms with Gasteiger partial charge in [-0.2, -0.15) is 0 Å². The Morgan fingerprint density at radius 1 is 1.00 bits per heavy atom. The fourth-order valence-corrected chi connectivity index (χ4v) is 6.99. The van der Waals surface area contributed by atoms with E-state index in [1.165, 1.54) is 0 Å². The highest BCUT2D eigenvalue weighted by atomic mass is 32.2. The normalized spacial score (nSPS) is 16.4. The SMILES string of the molecule is CCOCCOc1ccccc1COc1ccc2c(c1)C=C(C(=O)Nc1ccc(CN(C)C3CCOCC3)cc1)CCS2(=O)=O. The third kappa shape index (κ3) is 8.94. The monoisotopic (exact) mass is 634 g/mol. The summed E-state index contributed by atoms with van der Waals surface area (Å²) >= 11 is 0. The van der Waals surface area contributed by atoms with Gasteiger partial charge < -0.3 is 24.3 Å². The highest BCUT2D eigenvalue weighted by molar-refractivity contribution is 7.91. The number of sulfone groups is 1. The minimum Gasteiger partial charge on any atom is -0.491 e. The van der Waals surface area contributed by atoms with E-state index in [2.05, 4.69) is 17.3 Å². The van der Waals surface area contributed by atoms with Crippen LogP contribution in [0.3, 0.4) is 0 Å². The van der Waals surface area contributed by atoms with Crippen LogP contribution in [0.15, 0.2) is 77.2 Å². The van der Waals surface area contributed by atoms with Crippen molar-refractivity contribution < 1.29 is 32.2 Å². The molecule has 0 aliphatic carbocycles. The van der Waals surface area contributed by atoms with E-state index in [4.69, 9.17) is 18.9 Å². The van der Waals surface area contributed by atoms with Gasteiger partial charge in [-0.25, -0.2) is 8.42 Å². The molecule has 9 nitrogen and oxygen atoms in total. The number of hydrogen-bond donors (Lipinski definition) is 1. The lowest BCUT2D eigenvalue weighted by molar-refractivity contribution is -0.112. The lowest BCUT2D eigenvalue weighted by Crippen LogP contribution is -2.36. The Morgan fingerprint density at radius 3 is 2.56 bits per heavy atom. The molecule has 1 amide bonds. The number of rotatable bonds is 13. The molecule has 0 unspecified atom stereocenters.